The van der Waals surface area contributed by atoms with Gasteiger partial charge in [-0.1, -0.05) is 12.1 Å². The number of benzene rings is 1. The molecule has 26 heavy (non-hydrogen) atoms. The van der Waals surface area contributed by atoms with Crippen LogP contribution in [0.4, 0.5) is 0 Å². The molecule has 1 saturated heterocycles. The molecule has 0 bridgehead atoms. The number of nitrogens with zero attached hydrogens (tertiary/aromatic N) is 3. The highest BCUT2D eigenvalue weighted by Gasteiger charge is 2.29. The zero-order chi connectivity index (χ0) is 19.2. The fraction of sp³-hybridized carbons (Fsp3) is 0.684. The van der Waals surface area contributed by atoms with Crippen molar-refractivity contribution < 1.29 is 13.2 Å². The molecule has 148 valence electrons. The summed E-state index contributed by atoms with van der Waals surface area (Å²) in [5.41, 5.74) is 1.30. The van der Waals surface area contributed by atoms with E-state index in [0.717, 1.165) is 51.2 Å². The molecule has 0 saturated carbocycles. The predicted molar refractivity (Wildman–Crippen MR) is 106 cm³/mol. The van der Waals surface area contributed by atoms with Crippen molar-refractivity contribution in [3.63, 3.8) is 0 Å². The number of likely N-dealkylation sites (N-methyl/N-ethyl adjacent to an activating group) is 1. The van der Waals surface area contributed by atoms with Gasteiger partial charge in [0.2, 0.25) is 10.0 Å². The molecule has 0 spiro atoms. The zero-order valence-electron chi connectivity index (χ0n) is 16.5. The van der Waals surface area contributed by atoms with E-state index >= 15 is 0 Å². The Morgan fingerprint density at radius 1 is 1.12 bits per heavy atom. The maximum Gasteiger partial charge on any atom is 0.211 e. The van der Waals surface area contributed by atoms with Gasteiger partial charge in [-0.3, -0.25) is 0 Å². The molecule has 1 aliphatic heterocycles. The van der Waals surface area contributed by atoms with Crippen molar-refractivity contribution in [2.45, 2.75) is 25.3 Å². The monoisotopic (exact) mass is 383 g/mol. The van der Waals surface area contributed by atoms with E-state index in [4.69, 9.17) is 4.74 Å². The van der Waals surface area contributed by atoms with Crippen molar-refractivity contribution in [2.24, 2.45) is 0 Å². The van der Waals surface area contributed by atoms with Gasteiger partial charge in [0, 0.05) is 25.7 Å². The summed E-state index contributed by atoms with van der Waals surface area (Å²) in [6.45, 7) is 4.24. The Morgan fingerprint density at radius 3 is 2.23 bits per heavy atom. The lowest BCUT2D eigenvalue weighted by atomic mass is 10.0. The zero-order valence-corrected chi connectivity index (χ0v) is 17.3. The molecule has 0 aromatic heterocycles. The van der Waals surface area contributed by atoms with Crippen LogP contribution < -0.4 is 4.74 Å². The van der Waals surface area contributed by atoms with Crippen LogP contribution in [0.1, 0.15) is 18.4 Å². The predicted octanol–water partition coefficient (Wildman–Crippen LogP) is 1.53. The molecule has 0 aliphatic carbocycles. The summed E-state index contributed by atoms with van der Waals surface area (Å²) < 4.78 is 31.2. The molecule has 6 nitrogen and oxygen atoms in total. The van der Waals surface area contributed by atoms with Gasteiger partial charge in [-0.2, -0.15) is 4.31 Å². The first kappa shape index (κ1) is 21.2. The van der Waals surface area contributed by atoms with Crippen LogP contribution in [0.25, 0.3) is 0 Å². The first-order chi connectivity index (χ1) is 12.3. The summed E-state index contributed by atoms with van der Waals surface area (Å²) in [5, 5.41) is 0. The molecule has 7 heteroatoms. The van der Waals surface area contributed by atoms with E-state index in [-0.39, 0.29) is 6.04 Å². The van der Waals surface area contributed by atoms with Crippen LogP contribution >= 0.6 is 0 Å². The van der Waals surface area contributed by atoms with E-state index in [2.05, 4.69) is 17.0 Å². The average molecular weight is 384 g/mol. The number of piperidine rings is 1. The third kappa shape index (κ3) is 6.54. The molecule has 0 N–H and O–H groups in total. The summed E-state index contributed by atoms with van der Waals surface area (Å²) in [7, 11) is 2.46. The Balaban J connectivity index is 1.82. The van der Waals surface area contributed by atoms with Crippen molar-refractivity contribution in [3.05, 3.63) is 29.8 Å². The van der Waals surface area contributed by atoms with Crippen LogP contribution in [0.15, 0.2) is 24.3 Å². The average Bonchev–Trinajstić information content (AvgIpc) is 2.60. The number of rotatable bonds is 9. The van der Waals surface area contributed by atoms with Crippen LogP contribution in [0.2, 0.25) is 0 Å². The molecule has 0 amide bonds. The topological polar surface area (TPSA) is 53.1 Å². The molecule has 1 aromatic carbocycles. The molecular formula is C19H33N3O3S. The Labute approximate surface area is 158 Å². The smallest absolute Gasteiger partial charge is 0.211 e. The summed E-state index contributed by atoms with van der Waals surface area (Å²) in [5.74, 6) is 0.883. The van der Waals surface area contributed by atoms with Gasteiger partial charge in [-0.05, 0) is 64.1 Å². The SMILES string of the molecule is COc1ccc(CCN2CCC(N(CCN(C)C)S(C)(=O)=O)CC2)cc1. The third-order valence-corrected chi connectivity index (χ3v) is 6.37. The Hall–Kier alpha value is -1.15. The number of sulfonamides is 1. The number of ether oxygens (including phenoxy) is 1. The van der Waals surface area contributed by atoms with Gasteiger partial charge in [0.25, 0.3) is 0 Å². The highest BCUT2D eigenvalue weighted by molar-refractivity contribution is 7.88. The van der Waals surface area contributed by atoms with Crippen molar-refractivity contribution >= 4 is 10.0 Å². The van der Waals surface area contributed by atoms with E-state index < -0.39 is 10.0 Å². The molecule has 1 heterocycles. The summed E-state index contributed by atoms with van der Waals surface area (Å²) in [4.78, 5) is 4.47. The van der Waals surface area contributed by atoms with Crippen molar-refractivity contribution in [1.29, 1.82) is 0 Å². The van der Waals surface area contributed by atoms with Gasteiger partial charge >= 0.3 is 0 Å². The maximum atomic E-state index is 12.2. The molecule has 1 aromatic rings. The normalized spacial score (nSPS) is 17.2. The van der Waals surface area contributed by atoms with Crippen LogP contribution in [0.3, 0.4) is 0 Å². The highest BCUT2D eigenvalue weighted by atomic mass is 32.2. The van der Waals surface area contributed by atoms with Gasteiger partial charge in [-0.15, -0.1) is 0 Å². The fourth-order valence-electron chi connectivity index (χ4n) is 3.43. The highest BCUT2D eigenvalue weighted by Crippen LogP contribution is 2.20. The molecule has 0 atom stereocenters. The van der Waals surface area contributed by atoms with E-state index in [1.54, 1.807) is 11.4 Å². The maximum absolute atomic E-state index is 12.2. The second-order valence-corrected chi connectivity index (χ2v) is 9.28. The summed E-state index contributed by atoms with van der Waals surface area (Å²) in [6.07, 6.45) is 4.15. The van der Waals surface area contributed by atoms with Crippen molar-refractivity contribution in [3.8, 4) is 5.75 Å². The molecule has 0 unspecified atom stereocenters. The van der Waals surface area contributed by atoms with E-state index in [1.165, 1.54) is 11.8 Å². The van der Waals surface area contributed by atoms with Gasteiger partial charge in [0.1, 0.15) is 5.75 Å². The van der Waals surface area contributed by atoms with Crippen LogP contribution in [-0.2, 0) is 16.4 Å². The van der Waals surface area contributed by atoms with Gasteiger partial charge < -0.3 is 14.5 Å². The van der Waals surface area contributed by atoms with Crippen LogP contribution in [0.5, 0.6) is 5.75 Å². The number of likely N-dealkylation sites (tertiary alicyclic amines) is 1. The van der Waals surface area contributed by atoms with Gasteiger partial charge in [-0.25, -0.2) is 8.42 Å². The standard InChI is InChI=1S/C19H33N3O3S/c1-20(2)15-16-22(26(4,23)24)18-10-13-21(14-11-18)12-9-17-5-7-19(25-3)8-6-17/h5-8,18H,9-16H2,1-4H3. The Kier molecular flexibility index (Phi) is 7.88. The summed E-state index contributed by atoms with van der Waals surface area (Å²) in [6, 6.07) is 8.34. The summed E-state index contributed by atoms with van der Waals surface area (Å²) >= 11 is 0. The van der Waals surface area contributed by atoms with Crippen molar-refractivity contribution in [2.75, 3.05) is 60.2 Å². The van der Waals surface area contributed by atoms with E-state index in [9.17, 15) is 8.42 Å². The Bertz CT molecular complexity index is 638. The van der Waals surface area contributed by atoms with E-state index in [0.29, 0.717) is 6.54 Å². The van der Waals surface area contributed by atoms with Crippen molar-refractivity contribution in [1.82, 2.24) is 14.1 Å². The quantitative estimate of drug-likeness (QED) is 0.647. The van der Waals surface area contributed by atoms with Gasteiger partial charge in [0.05, 0.1) is 13.4 Å². The minimum Gasteiger partial charge on any atom is -0.497 e. The minimum atomic E-state index is -3.16. The molecule has 0 radical (unpaired) electrons. The lowest BCUT2D eigenvalue weighted by Gasteiger charge is -2.37. The minimum absolute atomic E-state index is 0.127. The first-order valence-electron chi connectivity index (χ1n) is 9.26. The third-order valence-electron chi connectivity index (χ3n) is 5.03. The van der Waals surface area contributed by atoms with Crippen LogP contribution in [-0.4, -0.2) is 88.7 Å². The fourth-order valence-corrected chi connectivity index (χ4v) is 4.59. The molecular weight excluding hydrogens is 350 g/mol. The van der Waals surface area contributed by atoms with E-state index in [1.807, 2.05) is 31.1 Å². The molecule has 2 rings (SSSR count). The first-order valence-corrected chi connectivity index (χ1v) is 11.1. The number of methoxy groups -OCH3 is 1. The van der Waals surface area contributed by atoms with Crippen LogP contribution in [0, 0.1) is 0 Å². The second-order valence-electron chi connectivity index (χ2n) is 7.35. The van der Waals surface area contributed by atoms with Gasteiger partial charge in [0.15, 0.2) is 0 Å². The number of hydrogen-bond donors (Lipinski definition) is 0. The Morgan fingerprint density at radius 2 is 1.73 bits per heavy atom. The largest absolute Gasteiger partial charge is 0.497 e. The lowest BCUT2D eigenvalue weighted by Crippen LogP contribution is -2.49. The second kappa shape index (κ2) is 9.69. The molecule has 1 aliphatic rings. The number of hydrogen-bond acceptors (Lipinski definition) is 5. The molecule has 1 fully saturated rings. The lowest BCUT2D eigenvalue weighted by molar-refractivity contribution is 0.156.